The van der Waals surface area contributed by atoms with Gasteiger partial charge in [0.25, 0.3) is 0 Å². The molecule has 0 heterocycles. The van der Waals surface area contributed by atoms with Crippen LogP contribution in [-0.4, -0.2) is 23.7 Å². The third-order valence-corrected chi connectivity index (χ3v) is 3.67. The molecule has 0 saturated carbocycles. The van der Waals surface area contributed by atoms with E-state index in [2.05, 4.69) is 10.6 Å². The average Bonchev–Trinajstić information content (AvgIpc) is 2.38. The zero-order valence-corrected chi connectivity index (χ0v) is 13.1. The molecule has 1 aromatic rings. The van der Waals surface area contributed by atoms with Gasteiger partial charge in [-0.1, -0.05) is 43.6 Å². The number of benzene rings is 1. The maximum atomic E-state index is 11.8. The van der Waals surface area contributed by atoms with Gasteiger partial charge < -0.3 is 15.7 Å². The van der Waals surface area contributed by atoms with Crippen molar-refractivity contribution in [3.05, 3.63) is 34.9 Å². The highest BCUT2D eigenvalue weighted by Crippen LogP contribution is 2.21. The molecule has 0 aliphatic heterocycles. The van der Waals surface area contributed by atoms with E-state index in [-0.39, 0.29) is 18.5 Å². The van der Waals surface area contributed by atoms with E-state index in [1.807, 2.05) is 39.0 Å². The quantitative estimate of drug-likeness (QED) is 0.755. The maximum Gasteiger partial charge on any atom is 0.315 e. The van der Waals surface area contributed by atoms with Crippen LogP contribution in [0.5, 0.6) is 0 Å². The van der Waals surface area contributed by atoms with E-state index >= 15 is 0 Å². The molecule has 0 aromatic heterocycles. The molecule has 0 bridgehead atoms. The second-order valence-corrected chi connectivity index (χ2v) is 5.69. The summed E-state index contributed by atoms with van der Waals surface area (Å²) in [6.45, 7) is 5.53. The molecule has 2 unspecified atom stereocenters. The lowest BCUT2D eigenvalue weighted by atomic mass is 9.96. The molecule has 116 valence electrons. The molecule has 0 spiro atoms. The Labute approximate surface area is 129 Å². The van der Waals surface area contributed by atoms with Gasteiger partial charge in [-0.25, -0.2) is 4.79 Å². The molecule has 2 atom stereocenters. The van der Waals surface area contributed by atoms with Gasteiger partial charge in [0.15, 0.2) is 0 Å². The first kappa shape index (κ1) is 17.3. The van der Waals surface area contributed by atoms with Crippen LogP contribution >= 0.6 is 11.6 Å². The van der Waals surface area contributed by atoms with Gasteiger partial charge in [-0.15, -0.1) is 0 Å². The van der Waals surface area contributed by atoms with Gasteiger partial charge in [0.2, 0.25) is 0 Å². The number of hydrogen-bond acceptors (Lipinski definition) is 2. The molecule has 3 N–H and O–H groups in total. The van der Waals surface area contributed by atoms with Crippen molar-refractivity contribution in [2.75, 3.05) is 6.54 Å². The van der Waals surface area contributed by atoms with Crippen molar-refractivity contribution in [2.24, 2.45) is 11.8 Å². The predicted molar refractivity (Wildman–Crippen MR) is 82.4 cm³/mol. The summed E-state index contributed by atoms with van der Waals surface area (Å²) in [5.74, 6) is -1.57. The fourth-order valence-electron chi connectivity index (χ4n) is 1.96. The number of carboxylic acids is 1. The van der Waals surface area contributed by atoms with Crippen molar-refractivity contribution in [3.8, 4) is 0 Å². The Bertz CT molecular complexity index is 505. The van der Waals surface area contributed by atoms with Gasteiger partial charge in [0.05, 0.1) is 12.0 Å². The molecule has 0 radical (unpaired) electrons. The number of rotatable bonds is 6. The Morgan fingerprint density at radius 2 is 1.86 bits per heavy atom. The number of carboxylic acid groups (broad SMARTS) is 1. The van der Waals surface area contributed by atoms with Crippen LogP contribution in [0.25, 0.3) is 0 Å². The zero-order valence-electron chi connectivity index (χ0n) is 12.4. The second kappa shape index (κ2) is 7.88. The molecule has 0 aliphatic rings. The van der Waals surface area contributed by atoms with Gasteiger partial charge >= 0.3 is 12.0 Å². The summed E-state index contributed by atoms with van der Waals surface area (Å²) in [6, 6.07) is 6.58. The first-order chi connectivity index (χ1) is 9.82. The Balaban J connectivity index is 2.54. The molecule has 6 heteroatoms. The number of urea groups is 1. The lowest BCUT2D eigenvalue weighted by molar-refractivity contribution is -0.142. The molecule has 5 nitrogen and oxygen atoms in total. The summed E-state index contributed by atoms with van der Waals surface area (Å²) in [7, 11) is 0. The van der Waals surface area contributed by atoms with E-state index in [0.29, 0.717) is 5.02 Å². The number of nitrogens with one attached hydrogen (secondary N) is 2. The minimum absolute atomic E-state index is 0.0520. The second-order valence-electron chi connectivity index (χ2n) is 5.29. The molecule has 1 rings (SSSR count). The van der Waals surface area contributed by atoms with Gasteiger partial charge in [0.1, 0.15) is 0 Å². The summed E-state index contributed by atoms with van der Waals surface area (Å²) in [4.78, 5) is 22.9. The molecular formula is C15H21ClN2O3. The molecule has 1 aromatic carbocycles. The Morgan fingerprint density at radius 3 is 2.38 bits per heavy atom. The smallest absolute Gasteiger partial charge is 0.315 e. The Hall–Kier alpha value is -1.75. The van der Waals surface area contributed by atoms with Crippen LogP contribution in [-0.2, 0) is 4.79 Å². The third kappa shape index (κ3) is 5.27. The monoisotopic (exact) mass is 312 g/mol. The van der Waals surface area contributed by atoms with E-state index in [1.54, 1.807) is 6.07 Å². The van der Waals surface area contributed by atoms with Crippen LogP contribution in [0.2, 0.25) is 5.02 Å². The van der Waals surface area contributed by atoms with Crippen molar-refractivity contribution in [2.45, 2.75) is 26.8 Å². The van der Waals surface area contributed by atoms with Gasteiger partial charge in [-0.3, -0.25) is 4.79 Å². The predicted octanol–water partition coefficient (Wildman–Crippen LogP) is 3.06. The Kier molecular flexibility index (Phi) is 6.49. The number of halogens is 1. The van der Waals surface area contributed by atoms with Gasteiger partial charge in [0, 0.05) is 11.6 Å². The van der Waals surface area contributed by atoms with E-state index in [9.17, 15) is 9.59 Å². The molecule has 21 heavy (non-hydrogen) atoms. The molecular weight excluding hydrogens is 292 g/mol. The number of carbonyl (C=O) groups is 2. The van der Waals surface area contributed by atoms with Crippen LogP contribution < -0.4 is 10.6 Å². The molecule has 0 fully saturated rings. The first-order valence-electron chi connectivity index (χ1n) is 6.84. The summed E-state index contributed by atoms with van der Waals surface area (Å²) in [6.07, 6.45) is 0. The topological polar surface area (TPSA) is 78.4 Å². The van der Waals surface area contributed by atoms with Crippen LogP contribution in [0, 0.1) is 11.8 Å². The van der Waals surface area contributed by atoms with Crippen molar-refractivity contribution >= 4 is 23.6 Å². The van der Waals surface area contributed by atoms with E-state index in [1.165, 1.54) is 0 Å². The van der Waals surface area contributed by atoms with Crippen molar-refractivity contribution < 1.29 is 14.7 Å². The average molecular weight is 313 g/mol. The number of aliphatic carboxylic acids is 1. The van der Waals surface area contributed by atoms with Crippen LogP contribution in [0.15, 0.2) is 24.3 Å². The first-order valence-corrected chi connectivity index (χ1v) is 7.22. The highest BCUT2D eigenvalue weighted by atomic mass is 35.5. The fraction of sp³-hybridized carbons (Fsp3) is 0.467. The largest absolute Gasteiger partial charge is 0.481 e. The van der Waals surface area contributed by atoms with Gasteiger partial charge in [-0.2, -0.15) is 0 Å². The van der Waals surface area contributed by atoms with Crippen LogP contribution in [0.3, 0.4) is 0 Å². The minimum Gasteiger partial charge on any atom is -0.481 e. The fourth-order valence-corrected chi connectivity index (χ4v) is 2.26. The minimum atomic E-state index is -0.913. The summed E-state index contributed by atoms with van der Waals surface area (Å²) in [5.41, 5.74) is 0.813. The highest BCUT2D eigenvalue weighted by Gasteiger charge is 2.22. The number of amides is 2. The van der Waals surface area contributed by atoms with E-state index in [4.69, 9.17) is 16.7 Å². The van der Waals surface area contributed by atoms with Crippen molar-refractivity contribution in [1.82, 2.24) is 10.6 Å². The molecule has 2 amide bonds. The van der Waals surface area contributed by atoms with Crippen molar-refractivity contribution in [3.63, 3.8) is 0 Å². The van der Waals surface area contributed by atoms with E-state index in [0.717, 1.165) is 5.56 Å². The Morgan fingerprint density at radius 1 is 1.24 bits per heavy atom. The SMILES string of the molecule is CC(NC(=O)NCC(C(=O)O)C(C)C)c1ccccc1Cl. The maximum absolute atomic E-state index is 11.8. The number of hydrogen-bond donors (Lipinski definition) is 3. The number of carbonyl (C=O) groups excluding carboxylic acids is 1. The standard InChI is InChI=1S/C15H21ClN2O3/c1-9(2)12(14(19)20)8-17-15(21)18-10(3)11-6-4-5-7-13(11)16/h4-7,9-10,12H,8H2,1-3H3,(H,19,20)(H2,17,18,21). The summed E-state index contributed by atoms with van der Waals surface area (Å²) >= 11 is 6.06. The summed E-state index contributed by atoms with van der Waals surface area (Å²) in [5, 5.41) is 15.0. The summed E-state index contributed by atoms with van der Waals surface area (Å²) < 4.78 is 0. The third-order valence-electron chi connectivity index (χ3n) is 3.32. The zero-order chi connectivity index (χ0) is 16.0. The van der Waals surface area contributed by atoms with Crippen LogP contribution in [0.4, 0.5) is 4.79 Å². The molecule has 0 aliphatic carbocycles. The lowest BCUT2D eigenvalue weighted by Gasteiger charge is -2.19. The van der Waals surface area contributed by atoms with Gasteiger partial charge in [-0.05, 0) is 24.5 Å². The normalized spacial score (nSPS) is 13.6. The lowest BCUT2D eigenvalue weighted by Crippen LogP contribution is -2.42. The van der Waals surface area contributed by atoms with Crippen LogP contribution in [0.1, 0.15) is 32.4 Å². The highest BCUT2D eigenvalue weighted by molar-refractivity contribution is 6.31. The van der Waals surface area contributed by atoms with Crippen molar-refractivity contribution in [1.29, 1.82) is 0 Å². The molecule has 0 saturated heterocycles. The van der Waals surface area contributed by atoms with E-state index < -0.39 is 17.9 Å².